The molecule has 0 saturated heterocycles. The Morgan fingerprint density at radius 1 is 1.11 bits per heavy atom. The molecule has 8 nitrogen and oxygen atoms in total. The Labute approximate surface area is 166 Å². The Morgan fingerprint density at radius 2 is 2.04 bits per heavy atom. The van der Waals surface area contributed by atoms with Crippen LogP contribution in [0.5, 0.6) is 0 Å². The number of amides is 1. The number of carbonyl (C=O) groups excluding carboxylic acids is 1. The fraction of sp³-hybridized carbons (Fsp3) is 0.368. The molecule has 0 radical (unpaired) electrons. The molecule has 0 spiro atoms. The van der Waals surface area contributed by atoms with Crippen LogP contribution in [0.15, 0.2) is 36.5 Å². The molecular formula is C19H21N7OS. The predicted molar refractivity (Wildman–Crippen MR) is 107 cm³/mol. The Bertz CT molecular complexity index is 929. The molecule has 144 valence electrons. The number of hydrogen-bond acceptors (Lipinski definition) is 8. The van der Waals surface area contributed by atoms with E-state index in [0.717, 1.165) is 42.1 Å². The summed E-state index contributed by atoms with van der Waals surface area (Å²) in [5.41, 5.74) is 7.34. The van der Waals surface area contributed by atoms with Gasteiger partial charge in [0.25, 0.3) is 0 Å². The second-order valence-corrected chi connectivity index (χ2v) is 8.06. The van der Waals surface area contributed by atoms with Crippen LogP contribution >= 0.6 is 11.3 Å². The fourth-order valence-corrected chi connectivity index (χ4v) is 4.34. The average Bonchev–Trinajstić information content (AvgIpc) is 3.33. The van der Waals surface area contributed by atoms with Crippen molar-refractivity contribution in [1.29, 1.82) is 0 Å². The SMILES string of the molecule is Nc1nnc([C@H]2CC[C@@H](Cc3ccc(NC(=O)Cc4ccccn4)nn3)C2)s1. The van der Waals surface area contributed by atoms with Gasteiger partial charge in [0.15, 0.2) is 5.82 Å². The van der Waals surface area contributed by atoms with Crippen molar-refractivity contribution in [3.8, 4) is 0 Å². The van der Waals surface area contributed by atoms with Crippen LogP contribution in [0.25, 0.3) is 0 Å². The lowest BCUT2D eigenvalue weighted by atomic mass is 10.00. The van der Waals surface area contributed by atoms with Crippen molar-refractivity contribution in [3.05, 3.63) is 52.9 Å². The number of nitrogens with zero attached hydrogens (tertiary/aromatic N) is 5. The minimum atomic E-state index is -0.157. The van der Waals surface area contributed by atoms with E-state index in [1.807, 2.05) is 24.3 Å². The molecule has 1 saturated carbocycles. The number of nitrogens with one attached hydrogen (secondary N) is 1. The Hall–Kier alpha value is -2.94. The van der Waals surface area contributed by atoms with E-state index in [-0.39, 0.29) is 12.3 Å². The van der Waals surface area contributed by atoms with Crippen LogP contribution < -0.4 is 11.1 Å². The number of nitrogen functional groups attached to an aromatic ring is 1. The number of pyridine rings is 1. The molecule has 3 aromatic heterocycles. The minimum Gasteiger partial charge on any atom is -0.374 e. The number of nitrogens with two attached hydrogens (primary N) is 1. The first-order valence-electron chi connectivity index (χ1n) is 9.27. The van der Waals surface area contributed by atoms with Crippen molar-refractivity contribution >= 4 is 28.2 Å². The maximum atomic E-state index is 12.1. The molecule has 28 heavy (non-hydrogen) atoms. The number of rotatable bonds is 6. The summed E-state index contributed by atoms with van der Waals surface area (Å²) in [5.74, 6) is 1.29. The predicted octanol–water partition coefficient (Wildman–Crippen LogP) is 2.61. The molecule has 2 atom stereocenters. The number of anilines is 2. The van der Waals surface area contributed by atoms with Gasteiger partial charge in [-0.1, -0.05) is 17.4 Å². The second kappa shape index (κ2) is 8.39. The van der Waals surface area contributed by atoms with Gasteiger partial charge in [0, 0.05) is 17.8 Å². The van der Waals surface area contributed by atoms with Crippen LogP contribution in [0.2, 0.25) is 0 Å². The summed E-state index contributed by atoms with van der Waals surface area (Å²) in [6.45, 7) is 0. The molecule has 1 aliphatic rings. The molecule has 1 aliphatic carbocycles. The van der Waals surface area contributed by atoms with Crippen LogP contribution in [0, 0.1) is 5.92 Å². The maximum Gasteiger partial charge on any atom is 0.231 e. The van der Waals surface area contributed by atoms with E-state index in [1.165, 1.54) is 11.3 Å². The Balaban J connectivity index is 1.28. The van der Waals surface area contributed by atoms with E-state index in [9.17, 15) is 4.79 Å². The van der Waals surface area contributed by atoms with Gasteiger partial charge in [-0.3, -0.25) is 9.78 Å². The summed E-state index contributed by atoms with van der Waals surface area (Å²) in [5, 5.41) is 20.9. The van der Waals surface area contributed by atoms with Crippen molar-refractivity contribution in [3.63, 3.8) is 0 Å². The highest BCUT2D eigenvalue weighted by Crippen LogP contribution is 2.40. The van der Waals surface area contributed by atoms with E-state index in [2.05, 4.69) is 30.7 Å². The van der Waals surface area contributed by atoms with Crippen LogP contribution in [-0.2, 0) is 17.6 Å². The third-order valence-electron chi connectivity index (χ3n) is 4.90. The smallest absolute Gasteiger partial charge is 0.231 e. The van der Waals surface area contributed by atoms with E-state index in [0.29, 0.717) is 22.8 Å². The van der Waals surface area contributed by atoms with Crippen LogP contribution in [-0.4, -0.2) is 31.3 Å². The summed E-state index contributed by atoms with van der Waals surface area (Å²) in [6, 6.07) is 9.23. The van der Waals surface area contributed by atoms with Crippen molar-refractivity contribution in [2.75, 3.05) is 11.1 Å². The van der Waals surface area contributed by atoms with Crippen LogP contribution in [0.3, 0.4) is 0 Å². The van der Waals surface area contributed by atoms with Gasteiger partial charge in [0.2, 0.25) is 11.0 Å². The number of aromatic nitrogens is 5. The lowest BCUT2D eigenvalue weighted by Gasteiger charge is -2.09. The van der Waals surface area contributed by atoms with Gasteiger partial charge in [0.05, 0.1) is 12.1 Å². The summed E-state index contributed by atoms with van der Waals surface area (Å²) >= 11 is 1.48. The fourth-order valence-electron chi connectivity index (χ4n) is 3.58. The van der Waals surface area contributed by atoms with Crippen LogP contribution in [0.4, 0.5) is 10.9 Å². The Morgan fingerprint density at radius 3 is 2.75 bits per heavy atom. The minimum absolute atomic E-state index is 0.157. The standard InChI is InChI=1S/C19H21N7OS/c20-19-26-25-18(28-19)13-5-4-12(9-13)10-15-6-7-16(24-23-15)22-17(27)11-14-3-1-2-8-21-14/h1-3,6-8,12-13H,4-5,9-11H2,(H2,20,26)(H,22,24,27)/t12-,13+/m1/s1. The quantitative estimate of drug-likeness (QED) is 0.658. The van der Waals surface area contributed by atoms with Crippen molar-refractivity contribution in [2.24, 2.45) is 5.92 Å². The molecule has 1 amide bonds. The van der Waals surface area contributed by atoms with Crippen molar-refractivity contribution < 1.29 is 4.79 Å². The van der Waals surface area contributed by atoms with Crippen LogP contribution in [0.1, 0.15) is 41.6 Å². The van der Waals surface area contributed by atoms with E-state index < -0.39 is 0 Å². The zero-order valence-electron chi connectivity index (χ0n) is 15.3. The van der Waals surface area contributed by atoms with Crippen molar-refractivity contribution in [1.82, 2.24) is 25.4 Å². The molecule has 4 rings (SSSR count). The van der Waals surface area contributed by atoms with Gasteiger partial charge < -0.3 is 11.1 Å². The lowest BCUT2D eigenvalue weighted by Crippen LogP contribution is -2.16. The van der Waals surface area contributed by atoms with Gasteiger partial charge in [-0.2, -0.15) is 5.10 Å². The third-order valence-corrected chi connectivity index (χ3v) is 5.81. The monoisotopic (exact) mass is 395 g/mol. The van der Waals surface area contributed by atoms with E-state index >= 15 is 0 Å². The zero-order valence-corrected chi connectivity index (χ0v) is 16.1. The molecule has 3 aromatic rings. The van der Waals surface area contributed by atoms with Gasteiger partial charge >= 0.3 is 0 Å². The highest BCUT2D eigenvalue weighted by atomic mass is 32.1. The molecule has 0 aromatic carbocycles. The maximum absolute atomic E-state index is 12.1. The molecule has 3 N–H and O–H groups in total. The van der Waals surface area contributed by atoms with E-state index in [1.54, 1.807) is 12.3 Å². The lowest BCUT2D eigenvalue weighted by molar-refractivity contribution is -0.115. The van der Waals surface area contributed by atoms with Gasteiger partial charge in [-0.25, -0.2) is 0 Å². The highest BCUT2D eigenvalue weighted by Gasteiger charge is 2.28. The molecule has 0 aliphatic heterocycles. The second-order valence-electron chi connectivity index (χ2n) is 7.01. The summed E-state index contributed by atoms with van der Waals surface area (Å²) < 4.78 is 0. The van der Waals surface area contributed by atoms with Crippen molar-refractivity contribution in [2.45, 2.75) is 38.0 Å². The number of carbonyl (C=O) groups is 1. The first kappa shape index (κ1) is 18.4. The van der Waals surface area contributed by atoms with E-state index in [4.69, 9.17) is 5.73 Å². The summed E-state index contributed by atoms with van der Waals surface area (Å²) in [7, 11) is 0. The Kier molecular flexibility index (Phi) is 5.52. The zero-order chi connectivity index (χ0) is 19.3. The largest absolute Gasteiger partial charge is 0.374 e. The molecule has 9 heteroatoms. The molecule has 3 heterocycles. The normalized spacial score (nSPS) is 18.9. The van der Waals surface area contributed by atoms with Gasteiger partial charge in [-0.15, -0.1) is 15.3 Å². The highest BCUT2D eigenvalue weighted by molar-refractivity contribution is 7.15. The molecule has 1 fully saturated rings. The number of hydrogen-bond donors (Lipinski definition) is 2. The molecule has 0 bridgehead atoms. The van der Waals surface area contributed by atoms with Gasteiger partial charge in [-0.05, 0) is 55.9 Å². The first-order valence-corrected chi connectivity index (χ1v) is 10.1. The molecular weight excluding hydrogens is 374 g/mol. The first-order chi connectivity index (χ1) is 13.7. The topological polar surface area (TPSA) is 120 Å². The van der Waals surface area contributed by atoms with Gasteiger partial charge in [0.1, 0.15) is 5.01 Å². The average molecular weight is 395 g/mol. The summed E-state index contributed by atoms with van der Waals surface area (Å²) in [4.78, 5) is 16.2. The summed E-state index contributed by atoms with van der Waals surface area (Å²) in [6.07, 6.45) is 6.07. The third kappa shape index (κ3) is 4.66. The molecule has 0 unspecified atom stereocenters.